The number of hydrogen-bond donors (Lipinski definition) is 3. The summed E-state index contributed by atoms with van der Waals surface area (Å²) in [6.45, 7) is 2.10. The van der Waals surface area contributed by atoms with Crippen molar-refractivity contribution < 1.29 is 9.90 Å². The van der Waals surface area contributed by atoms with Crippen LogP contribution in [0.5, 0.6) is 5.75 Å². The van der Waals surface area contributed by atoms with Crippen LogP contribution in [0.15, 0.2) is 48.5 Å². The quantitative estimate of drug-likeness (QED) is 0.791. The van der Waals surface area contributed by atoms with Gasteiger partial charge in [0.2, 0.25) is 0 Å². The molecule has 3 N–H and O–H groups in total. The molecule has 0 spiro atoms. The topological polar surface area (TPSA) is 61.4 Å². The van der Waals surface area contributed by atoms with Gasteiger partial charge in [-0.05, 0) is 55.3 Å². The van der Waals surface area contributed by atoms with Crippen LogP contribution in [0.2, 0.25) is 0 Å². The minimum absolute atomic E-state index is 0.0845. The van der Waals surface area contributed by atoms with E-state index in [1.54, 1.807) is 31.3 Å². The van der Waals surface area contributed by atoms with E-state index in [9.17, 15) is 9.90 Å². The molecule has 0 bridgehead atoms. The van der Waals surface area contributed by atoms with Crippen molar-refractivity contribution in [2.75, 3.05) is 12.4 Å². The molecule has 0 aromatic heterocycles. The van der Waals surface area contributed by atoms with Gasteiger partial charge in [-0.15, -0.1) is 0 Å². The molecule has 0 radical (unpaired) electrons. The van der Waals surface area contributed by atoms with E-state index in [1.807, 2.05) is 24.3 Å². The number of phenols is 1. The van der Waals surface area contributed by atoms with Gasteiger partial charge in [0.15, 0.2) is 0 Å². The second-order valence-corrected chi connectivity index (χ2v) is 5.07. The lowest BCUT2D eigenvalue weighted by Gasteiger charge is -2.15. The molecule has 0 aliphatic rings. The van der Waals surface area contributed by atoms with Gasteiger partial charge >= 0.3 is 0 Å². The van der Waals surface area contributed by atoms with Gasteiger partial charge in [0.25, 0.3) is 5.91 Å². The van der Waals surface area contributed by atoms with Crippen LogP contribution in [0.3, 0.4) is 0 Å². The summed E-state index contributed by atoms with van der Waals surface area (Å²) in [5.74, 6) is 0.197. The van der Waals surface area contributed by atoms with E-state index in [1.165, 1.54) is 0 Å². The largest absolute Gasteiger partial charge is 0.508 e. The molecule has 110 valence electrons. The van der Waals surface area contributed by atoms with Gasteiger partial charge < -0.3 is 15.7 Å². The number of rotatable bonds is 5. The van der Waals surface area contributed by atoms with Gasteiger partial charge in [0, 0.05) is 24.3 Å². The number of phenolic OH excluding ortho intramolecular Hbond substituents is 1. The summed E-state index contributed by atoms with van der Waals surface area (Å²) in [4.78, 5) is 11.5. The molecule has 0 aliphatic carbocycles. The SMILES string of the molecule is CNC(=O)c1ccc(NC(C)Cc2ccc(O)cc2)cc1. The van der Waals surface area contributed by atoms with Crippen LogP contribution in [-0.4, -0.2) is 24.1 Å². The van der Waals surface area contributed by atoms with E-state index in [0.29, 0.717) is 5.56 Å². The van der Waals surface area contributed by atoms with Gasteiger partial charge in [0.1, 0.15) is 5.75 Å². The van der Waals surface area contributed by atoms with Crippen molar-refractivity contribution in [1.82, 2.24) is 5.32 Å². The maximum absolute atomic E-state index is 11.5. The van der Waals surface area contributed by atoms with E-state index in [4.69, 9.17) is 0 Å². The first kappa shape index (κ1) is 14.9. The Hall–Kier alpha value is -2.49. The van der Waals surface area contributed by atoms with Crippen molar-refractivity contribution in [3.8, 4) is 5.75 Å². The second kappa shape index (κ2) is 6.79. The summed E-state index contributed by atoms with van der Waals surface area (Å²) in [5.41, 5.74) is 2.79. The molecule has 21 heavy (non-hydrogen) atoms. The van der Waals surface area contributed by atoms with Crippen molar-refractivity contribution in [3.05, 3.63) is 59.7 Å². The van der Waals surface area contributed by atoms with Crippen molar-refractivity contribution in [2.45, 2.75) is 19.4 Å². The number of hydrogen-bond acceptors (Lipinski definition) is 3. The van der Waals surface area contributed by atoms with Gasteiger partial charge in [-0.1, -0.05) is 12.1 Å². The summed E-state index contributed by atoms with van der Waals surface area (Å²) in [5, 5.41) is 15.3. The predicted molar refractivity (Wildman–Crippen MR) is 84.7 cm³/mol. The lowest BCUT2D eigenvalue weighted by molar-refractivity contribution is 0.0963. The molecule has 4 heteroatoms. The normalized spacial score (nSPS) is 11.7. The highest BCUT2D eigenvalue weighted by Gasteiger charge is 2.06. The summed E-state index contributed by atoms with van der Waals surface area (Å²) < 4.78 is 0. The van der Waals surface area contributed by atoms with E-state index in [-0.39, 0.29) is 17.7 Å². The molecule has 1 amide bonds. The third kappa shape index (κ3) is 4.24. The lowest BCUT2D eigenvalue weighted by atomic mass is 10.1. The fourth-order valence-corrected chi connectivity index (χ4v) is 2.18. The minimum Gasteiger partial charge on any atom is -0.508 e. The fourth-order valence-electron chi connectivity index (χ4n) is 2.18. The Bertz CT molecular complexity index is 591. The molecule has 2 aromatic carbocycles. The number of nitrogens with one attached hydrogen (secondary N) is 2. The molecule has 0 saturated carbocycles. The number of anilines is 1. The molecule has 0 saturated heterocycles. The molecule has 1 atom stereocenters. The van der Waals surface area contributed by atoms with Crippen molar-refractivity contribution >= 4 is 11.6 Å². The summed E-state index contributed by atoms with van der Waals surface area (Å²) in [6.07, 6.45) is 0.859. The first-order chi connectivity index (χ1) is 10.1. The Kier molecular flexibility index (Phi) is 4.82. The number of benzene rings is 2. The van der Waals surface area contributed by atoms with E-state index >= 15 is 0 Å². The monoisotopic (exact) mass is 284 g/mol. The Morgan fingerprint density at radius 2 is 1.71 bits per heavy atom. The molecular weight excluding hydrogens is 264 g/mol. The fraction of sp³-hybridized carbons (Fsp3) is 0.235. The van der Waals surface area contributed by atoms with Crippen LogP contribution < -0.4 is 10.6 Å². The van der Waals surface area contributed by atoms with Crippen LogP contribution in [0, 0.1) is 0 Å². The molecule has 4 nitrogen and oxygen atoms in total. The van der Waals surface area contributed by atoms with Gasteiger partial charge in [-0.3, -0.25) is 4.79 Å². The average molecular weight is 284 g/mol. The van der Waals surface area contributed by atoms with Crippen molar-refractivity contribution in [3.63, 3.8) is 0 Å². The predicted octanol–water partition coefficient (Wildman–Crippen LogP) is 2.79. The summed E-state index contributed by atoms with van der Waals surface area (Å²) in [6, 6.07) is 14.9. The first-order valence-corrected chi connectivity index (χ1v) is 6.95. The van der Waals surface area contributed by atoms with Crippen molar-refractivity contribution in [2.24, 2.45) is 0 Å². The zero-order valence-electron chi connectivity index (χ0n) is 12.3. The Balaban J connectivity index is 1.94. The summed E-state index contributed by atoms with van der Waals surface area (Å²) in [7, 11) is 1.62. The highest BCUT2D eigenvalue weighted by atomic mass is 16.3. The first-order valence-electron chi connectivity index (χ1n) is 6.95. The van der Waals surface area contributed by atoms with Crippen LogP contribution in [-0.2, 0) is 6.42 Å². The summed E-state index contributed by atoms with van der Waals surface area (Å²) >= 11 is 0. The van der Waals surface area contributed by atoms with E-state index in [0.717, 1.165) is 17.7 Å². The molecule has 0 aliphatic heterocycles. The average Bonchev–Trinajstić information content (AvgIpc) is 2.49. The maximum atomic E-state index is 11.5. The standard InChI is InChI=1S/C17H20N2O2/c1-12(11-13-3-9-16(20)10-4-13)19-15-7-5-14(6-8-15)17(21)18-2/h3-10,12,19-20H,11H2,1-2H3,(H,18,21). The Morgan fingerprint density at radius 1 is 1.10 bits per heavy atom. The number of carbonyl (C=O) groups excluding carboxylic acids is 1. The van der Waals surface area contributed by atoms with E-state index in [2.05, 4.69) is 17.6 Å². The van der Waals surface area contributed by atoms with Gasteiger partial charge in [-0.2, -0.15) is 0 Å². The highest BCUT2D eigenvalue weighted by molar-refractivity contribution is 5.94. The smallest absolute Gasteiger partial charge is 0.251 e. The van der Waals surface area contributed by atoms with Crippen LogP contribution in [0.4, 0.5) is 5.69 Å². The zero-order chi connectivity index (χ0) is 15.2. The third-order valence-electron chi connectivity index (χ3n) is 3.27. The van der Waals surface area contributed by atoms with Crippen LogP contribution in [0.25, 0.3) is 0 Å². The van der Waals surface area contributed by atoms with Crippen LogP contribution >= 0.6 is 0 Å². The Morgan fingerprint density at radius 3 is 2.29 bits per heavy atom. The molecule has 0 heterocycles. The van der Waals surface area contributed by atoms with Gasteiger partial charge in [0.05, 0.1) is 0 Å². The zero-order valence-corrected chi connectivity index (χ0v) is 12.3. The minimum atomic E-state index is -0.0845. The van der Waals surface area contributed by atoms with E-state index < -0.39 is 0 Å². The highest BCUT2D eigenvalue weighted by Crippen LogP contribution is 2.15. The second-order valence-electron chi connectivity index (χ2n) is 5.07. The number of amides is 1. The molecule has 2 rings (SSSR count). The molecule has 2 aromatic rings. The molecule has 1 unspecified atom stereocenters. The van der Waals surface area contributed by atoms with Crippen molar-refractivity contribution in [1.29, 1.82) is 0 Å². The third-order valence-corrected chi connectivity index (χ3v) is 3.27. The molecular formula is C17H20N2O2. The number of carbonyl (C=O) groups is 1. The lowest BCUT2D eigenvalue weighted by Crippen LogP contribution is -2.19. The van der Waals surface area contributed by atoms with Crippen LogP contribution in [0.1, 0.15) is 22.8 Å². The Labute approximate surface area is 124 Å². The maximum Gasteiger partial charge on any atom is 0.251 e. The van der Waals surface area contributed by atoms with Gasteiger partial charge in [-0.25, -0.2) is 0 Å². The number of aromatic hydroxyl groups is 1. The molecule has 0 fully saturated rings.